The first kappa shape index (κ1) is 24.0. The third kappa shape index (κ3) is 6.67. The number of rotatable bonds is 7. The number of halogens is 2. The lowest BCUT2D eigenvalue weighted by molar-refractivity contribution is -0.129. The Bertz CT molecular complexity index is 924. The van der Waals surface area contributed by atoms with Crippen molar-refractivity contribution in [3.8, 4) is 0 Å². The predicted octanol–water partition coefficient (Wildman–Crippen LogP) is 3.98. The fourth-order valence-corrected chi connectivity index (χ4v) is 3.99. The van der Waals surface area contributed by atoms with Crippen LogP contribution < -0.4 is 5.32 Å². The Labute approximate surface area is 191 Å². The highest BCUT2D eigenvalue weighted by atomic mass is 32.2. The van der Waals surface area contributed by atoms with Gasteiger partial charge in [-0.1, -0.05) is 23.9 Å². The van der Waals surface area contributed by atoms with Crippen molar-refractivity contribution in [3.05, 3.63) is 54.1 Å². The maximum atomic E-state index is 13.3. The highest BCUT2D eigenvalue weighted by Crippen LogP contribution is 2.28. The standard InChI is InChI=1S/C23H28F2N4O2S/c1-27(2)21(30)16-28-12-5-13-29(15-14-28)22(31)19-6-3-4-7-20(19)26-17-8-10-18(11-9-17)32-23(24)25/h3-4,6-11,23,26H,5,12-16H2,1-2H3. The summed E-state index contributed by atoms with van der Waals surface area (Å²) in [6.45, 7) is 2.94. The smallest absolute Gasteiger partial charge is 0.288 e. The fourth-order valence-electron chi connectivity index (χ4n) is 3.49. The Morgan fingerprint density at radius 2 is 1.75 bits per heavy atom. The van der Waals surface area contributed by atoms with Gasteiger partial charge in [0.15, 0.2) is 0 Å². The van der Waals surface area contributed by atoms with E-state index in [0.717, 1.165) is 13.0 Å². The van der Waals surface area contributed by atoms with Crippen LogP contribution >= 0.6 is 11.8 Å². The molecule has 1 aliphatic rings. The molecule has 0 aliphatic carbocycles. The van der Waals surface area contributed by atoms with Crippen LogP contribution in [0.25, 0.3) is 0 Å². The van der Waals surface area contributed by atoms with Gasteiger partial charge in [-0.15, -0.1) is 0 Å². The number of likely N-dealkylation sites (N-methyl/N-ethyl adjacent to an activating group) is 1. The summed E-state index contributed by atoms with van der Waals surface area (Å²) in [4.78, 5) is 31.3. The number of amides is 2. The van der Waals surface area contributed by atoms with Gasteiger partial charge < -0.3 is 15.1 Å². The molecule has 2 amide bonds. The van der Waals surface area contributed by atoms with Crippen molar-refractivity contribution >= 4 is 35.0 Å². The molecule has 1 fully saturated rings. The second kappa shape index (κ2) is 11.3. The van der Waals surface area contributed by atoms with Crippen LogP contribution in [0, 0.1) is 0 Å². The third-order valence-electron chi connectivity index (χ3n) is 5.25. The lowest BCUT2D eigenvalue weighted by Gasteiger charge is -2.23. The van der Waals surface area contributed by atoms with Crippen LogP contribution in [-0.2, 0) is 4.79 Å². The van der Waals surface area contributed by atoms with Gasteiger partial charge in [0.1, 0.15) is 0 Å². The first-order chi connectivity index (χ1) is 15.3. The van der Waals surface area contributed by atoms with Gasteiger partial charge in [-0.3, -0.25) is 14.5 Å². The zero-order valence-corrected chi connectivity index (χ0v) is 19.1. The largest absolute Gasteiger partial charge is 0.355 e. The maximum absolute atomic E-state index is 13.3. The van der Waals surface area contributed by atoms with Crippen molar-refractivity contribution in [2.24, 2.45) is 0 Å². The number of hydrogen-bond acceptors (Lipinski definition) is 5. The molecule has 172 valence electrons. The van der Waals surface area contributed by atoms with E-state index in [2.05, 4.69) is 10.2 Å². The zero-order valence-electron chi connectivity index (χ0n) is 18.3. The molecule has 0 saturated carbocycles. The molecule has 0 spiro atoms. The van der Waals surface area contributed by atoms with Gasteiger partial charge >= 0.3 is 0 Å². The van der Waals surface area contributed by atoms with Crippen LogP contribution in [0.15, 0.2) is 53.4 Å². The molecule has 1 heterocycles. The van der Waals surface area contributed by atoms with E-state index in [-0.39, 0.29) is 11.8 Å². The van der Waals surface area contributed by atoms with Crippen molar-refractivity contribution in [3.63, 3.8) is 0 Å². The molecule has 1 N–H and O–H groups in total. The number of para-hydroxylation sites is 1. The molecule has 2 aromatic rings. The van der Waals surface area contributed by atoms with E-state index in [1.807, 2.05) is 23.1 Å². The highest BCUT2D eigenvalue weighted by molar-refractivity contribution is 7.99. The second-order valence-corrected chi connectivity index (χ2v) is 8.85. The Hall–Kier alpha value is -2.65. The minimum Gasteiger partial charge on any atom is -0.355 e. The highest BCUT2D eigenvalue weighted by Gasteiger charge is 2.23. The molecular weight excluding hydrogens is 434 g/mol. The lowest BCUT2D eigenvalue weighted by atomic mass is 10.1. The molecule has 1 saturated heterocycles. The number of carbonyl (C=O) groups is 2. The van der Waals surface area contributed by atoms with Crippen molar-refractivity contribution in [1.82, 2.24) is 14.7 Å². The van der Waals surface area contributed by atoms with Crippen molar-refractivity contribution in [2.75, 3.05) is 52.1 Å². The minimum atomic E-state index is -2.46. The van der Waals surface area contributed by atoms with Crippen LogP contribution in [0.1, 0.15) is 16.8 Å². The summed E-state index contributed by atoms with van der Waals surface area (Å²) in [5.41, 5.74) is 1.93. The number of nitrogens with zero attached hydrogens (tertiary/aromatic N) is 3. The normalized spacial score (nSPS) is 14.8. The number of thioether (sulfide) groups is 1. The molecule has 9 heteroatoms. The van der Waals surface area contributed by atoms with Gasteiger partial charge in [0, 0.05) is 50.9 Å². The van der Waals surface area contributed by atoms with E-state index in [1.54, 1.807) is 49.3 Å². The Kier molecular flexibility index (Phi) is 8.46. The average Bonchev–Trinajstić information content (AvgIpc) is 3.00. The van der Waals surface area contributed by atoms with Crippen LogP contribution in [0.2, 0.25) is 0 Å². The summed E-state index contributed by atoms with van der Waals surface area (Å²) in [7, 11) is 3.48. The number of nitrogens with one attached hydrogen (secondary N) is 1. The summed E-state index contributed by atoms with van der Waals surface area (Å²) in [6.07, 6.45) is 0.797. The minimum absolute atomic E-state index is 0.0530. The number of alkyl halides is 2. The second-order valence-electron chi connectivity index (χ2n) is 7.78. The van der Waals surface area contributed by atoms with Crippen LogP contribution in [0.3, 0.4) is 0 Å². The maximum Gasteiger partial charge on any atom is 0.288 e. The molecule has 0 radical (unpaired) electrons. The van der Waals surface area contributed by atoms with Crippen LogP contribution in [0.5, 0.6) is 0 Å². The van der Waals surface area contributed by atoms with Gasteiger partial charge in [-0.25, -0.2) is 0 Å². The SMILES string of the molecule is CN(C)C(=O)CN1CCCN(C(=O)c2ccccc2Nc2ccc(SC(F)F)cc2)CC1. The summed E-state index contributed by atoms with van der Waals surface area (Å²) in [5.74, 6) is -2.48. The number of benzene rings is 2. The van der Waals surface area contributed by atoms with Gasteiger partial charge in [0.05, 0.1) is 17.8 Å². The third-order valence-corrected chi connectivity index (χ3v) is 5.97. The summed E-state index contributed by atoms with van der Waals surface area (Å²) in [6, 6.07) is 14.0. The van der Waals surface area contributed by atoms with E-state index in [1.165, 1.54) is 0 Å². The van der Waals surface area contributed by atoms with E-state index in [9.17, 15) is 18.4 Å². The molecule has 0 unspecified atom stereocenters. The number of hydrogen-bond donors (Lipinski definition) is 1. The van der Waals surface area contributed by atoms with Gasteiger partial charge in [0.25, 0.3) is 11.7 Å². The molecule has 3 rings (SSSR count). The number of anilines is 2. The zero-order chi connectivity index (χ0) is 23.1. The summed E-state index contributed by atoms with van der Waals surface area (Å²) < 4.78 is 25.0. The van der Waals surface area contributed by atoms with E-state index >= 15 is 0 Å². The lowest BCUT2D eigenvalue weighted by Crippen LogP contribution is -2.39. The summed E-state index contributed by atoms with van der Waals surface area (Å²) >= 11 is 0.498. The number of carbonyl (C=O) groups excluding carboxylic acids is 2. The Morgan fingerprint density at radius 3 is 2.44 bits per heavy atom. The average molecular weight is 463 g/mol. The van der Waals surface area contributed by atoms with Crippen molar-refractivity contribution in [1.29, 1.82) is 0 Å². The molecule has 2 aromatic carbocycles. The molecule has 32 heavy (non-hydrogen) atoms. The summed E-state index contributed by atoms with van der Waals surface area (Å²) in [5, 5.41) is 3.23. The Balaban J connectivity index is 1.67. The quantitative estimate of drug-likeness (QED) is 0.631. The van der Waals surface area contributed by atoms with Crippen molar-refractivity contribution < 1.29 is 18.4 Å². The molecular formula is C23H28F2N4O2S. The van der Waals surface area contributed by atoms with E-state index in [0.29, 0.717) is 59.8 Å². The monoisotopic (exact) mass is 462 g/mol. The molecule has 1 aliphatic heterocycles. The van der Waals surface area contributed by atoms with Crippen LogP contribution in [0.4, 0.5) is 20.2 Å². The van der Waals surface area contributed by atoms with Gasteiger partial charge in [-0.05, 0) is 42.8 Å². The fraction of sp³-hybridized carbons (Fsp3) is 0.391. The van der Waals surface area contributed by atoms with E-state index < -0.39 is 5.76 Å². The Morgan fingerprint density at radius 1 is 1.03 bits per heavy atom. The first-order valence-corrected chi connectivity index (χ1v) is 11.3. The van der Waals surface area contributed by atoms with Gasteiger partial charge in [0.2, 0.25) is 5.91 Å². The van der Waals surface area contributed by atoms with Crippen LogP contribution in [-0.4, -0.2) is 79.1 Å². The topological polar surface area (TPSA) is 55.9 Å². The van der Waals surface area contributed by atoms with E-state index in [4.69, 9.17) is 0 Å². The molecule has 0 atom stereocenters. The molecule has 0 aromatic heterocycles. The molecule has 6 nitrogen and oxygen atoms in total. The first-order valence-electron chi connectivity index (χ1n) is 10.5. The van der Waals surface area contributed by atoms with Crippen molar-refractivity contribution in [2.45, 2.75) is 17.1 Å². The predicted molar refractivity (Wildman–Crippen MR) is 124 cm³/mol. The molecule has 0 bridgehead atoms. The van der Waals surface area contributed by atoms with Gasteiger partial charge in [-0.2, -0.15) is 8.78 Å².